The van der Waals surface area contributed by atoms with E-state index in [1.54, 1.807) is 0 Å². The molecule has 0 fully saturated rings. The molecule has 0 bridgehead atoms. The lowest BCUT2D eigenvalue weighted by molar-refractivity contribution is 0.0789. The lowest BCUT2D eigenvalue weighted by Gasteiger charge is -2.12. The molecule has 3 heteroatoms. The summed E-state index contributed by atoms with van der Waals surface area (Å²) in [6.07, 6.45) is 0. The molecule has 0 saturated carbocycles. The molecule has 0 saturated heterocycles. The fourth-order valence-electron chi connectivity index (χ4n) is 1.60. The Hall–Kier alpha value is -0.830. The van der Waals surface area contributed by atoms with Crippen LogP contribution < -0.4 is 0 Å². The zero-order chi connectivity index (χ0) is 9.26. The zero-order valence-corrected chi connectivity index (χ0v) is 8.75. The minimum Gasteiger partial charge on any atom is -0.333 e. The number of halogens is 1. The van der Waals surface area contributed by atoms with Crippen LogP contribution in [0.15, 0.2) is 24.3 Å². The van der Waals surface area contributed by atoms with E-state index in [-0.39, 0.29) is 5.91 Å². The van der Waals surface area contributed by atoms with Gasteiger partial charge in [-0.2, -0.15) is 0 Å². The van der Waals surface area contributed by atoms with Gasteiger partial charge in [0.1, 0.15) is 0 Å². The van der Waals surface area contributed by atoms with E-state index in [0.717, 1.165) is 29.5 Å². The second-order valence-corrected chi connectivity index (χ2v) is 3.87. The summed E-state index contributed by atoms with van der Waals surface area (Å²) in [5.41, 5.74) is 2.01. The average molecular weight is 240 g/mol. The van der Waals surface area contributed by atoms with Crippen molar-refractivity contribution in [2.75, 3.05) is 11.9 Å². The average Bonchev–Trinajstić information content (AvgIpc) is 2.46. The number of rotatable bonds is 2. The molecule has 1 aliphatic heterocycles. The number of benzene rings is 1. The maximum Gasteiger partial charge on any atom is 0.254 e. The molecule has 1 aliphatic rings. The quantitative estimate of drug-likeness (QED) is 0.724. The van der Waals surface area contributed by atoms with Crippen LogP contribution >= 0.6 is 15.9 Å². The van der Waals surface area contributed by atoms with Crippen molar-refractivity contribution in [1.29, 1.82) is 0 Å². The number of alkyl halides is 1. The van der Waals surface area contributed by atoms with Crippen molar-refractivity contribution in [1.82, 2.24) is 4.90 Å². The van der Waals surface area contributed by atoms with Gasteiger partial charge >= 0.3 is 0 Å². The minimum atomic E-state index is 0.162. The van der Waals surface area contributed by atoms with Crippen molar-refractivity contribution >= 4 is 21.8 Å². The van der Waals surface area contributed by atoms with Gasteiger partial charge in [-0.1, -0.05) is 34.1 Å². The third-order valence-electron chi connectivity index (χ3n) is 2.25. The summed E-state index contributed by atoms with van der Waals surface area (Å²) in [5, 5.41) is 0.840. The van der Waals surface area contributed by atoms with E-state index in [1.807, 2.05) is 29.2 Å². The van der Waals surface area contributed by atoms with E-state index in [0.29, 0.717) is 0 Å². The SMILES string of the molecule is O=C1c2ccccc2CN1CCBr. The first-order chi connectivity index (χ1) is 6.33. The largest absolute Gasteiger partial charge is 0.333 e. The molecule has 0 unspecified atom stereocenters. The van der Waals surface area contributed by atoms with Gasteiger partial charge in [0.2, 0.25) is 0 Å². The van der Waals surface area contributed by atoms with Gasteiger partial charge < -0.3 is 4.90 Å². The third-order valence-corrected chi connectivity index (χ3v) is 2.61. The van der Waals surface area contributed by atoms with Gasteiger partial charge in [-0.05, 0) is 11.6 Å². The number of nitrogens with zero attached hydrogens (tertiary/aromatic N) is 1. The highest BCUT2D eigenvalue weighted by atomic mass is 79.9. The predicted molar refractivity (Wildman–Crippen MR) is 55.0 cm³/mol. The van der Waals surface area contributed by atoms with Gasteiger partial charge in [-0.15, -0.1) is 0 Å². The Labute approximate surface area is 85.7 Å². The normalized spacial score (nSPS) is 14.8. The smallest absolute Gasteiger partial charge is 0.254 e. The first-order valence-corrected chi connectivity index (χ1v) is 5.38. The highest BCUT2D eigenvalue weighted by Gasteiger charge is 2.25. The predicted octanol–water partition coefficient (Wildman–Crippen LogP) is 2.04. The van der Waals surface area contributed by atoms with Crippen molar-refractivity contribution in [3.63, 3.8) is 0 Å². The molecule has 0 radical (unpaired) electrons. The number of fused-ring (bicyclic) bond motifs is 1. The molecule has 0 aromatic heterocycles. The fourth-order valence-corrected chi connectivity index (χ4v) is 2.03. The van der Waals surface area contributed by atoms with Crippen molar-refractivity contribution in [2.24, 2.45) is 0 Å². The van der Waals surface area contributed by atoms with Gasteiger partial charge in [0.05, 0.1) is 0 Å². The Morgan fingerprint density at radius 2 is 2.15 bits per heavy atom. The van der Waals surface area contributed by atoms with E-state index in [9.17, 15) is 4.79 Å². The van der Waals surface area contributed by atoms with Gasteiger partial charge in [-0.3, -0.25) is 4.79 Å². The molecule has 1 heterocycles. The first kappa shape index (κ1) is 8.75. The van der Waals surface area contributed by atoms with Crippen LogP contribution in [-0.2, 0) is 6.54 Å². The molecule has 13 heavy (non-hydrogen) atoms. The Kier molecular flexibility index (Phi) is 2.36. The van der Waals surface area contributed by atoms with Crippen LogP contribution in [0.3, 0.4) is 0 Å². The van der Waals surface area contributed by atoms with E-state index < -0.39 is 0 Å². The van der Waals surface area contributed by atoms with Crippen LogP contribution in [0.1, 0.15) is 15.9 Å². The molecule has 0 spiro atoms. The molecular formula is C10H10BrNO. The van der Waals surface area contributed by atoms with Crippen LogP contribution in [-0.4, -0.2) is 22.7 Å². The number of hydrogen-bond acceptors (Lipinski definition) is 1. The van der Waals surface area contributed by atoms with E-state index in [4.69, 9.17) is 0 Å². The van der Waals surface area contributed by atoms with Crippen molar-refractivity contribution in [3.8, 4) is 0 Å². The zero-order valence-electron chi connectivity index (χ0n) is 7.16. The van der Waals surface area contributed by atoms with Crippen LogP contribution in [0.25, 0.3) is 0 Å². The van der Waals surface area contributed by atoms with Crippen molar-refractivity contribution in [2.45, 2.75) is 6.54 Å². The standard InChI is InChI=1S/C10H10BrNO/c11-5-6-12-7-8-3-1-2-4-9(8)10(12)13/h1-4H,5-7H2. The molecule has 0 N–H and O–H groups in total. The summed E-state index contributed by atoms with van der Waals surface area (Å²) in [4.78, 5) is 13.6. The first-order valence-electron chi connectivity index (χ1n) is 4.26. The Morgan fingerprint density at radius 1 is 1.38 bits per heavy atom. The maximum absolute atomic E-state index is 11.7. The summed E-state index contributed by atoms with van der Waals surface area (Å²) < 4.78 is 0. The molecule has 1 aromatic rings. The summed E-state index contributed by atoms with van der Waals surface area (Å²) in [5.74, 6) is 0.162. The van der Waals surface area contributed by atoms with Crippen LogP contribution in [0.4, 0.5) is 0 Å². The second-order valence-electron chi connectivity index (χ2n) is 3.07. The molecule has 68 valence electrons. The highest BCUT2D eigenvalue weighted by molar-refractivity contribution is 9.09. The van der Waals surface area contributed by atoms with Crippen LogP contribution in [0, 0.1) is 0 Å². The van der Waals surface area contributed by atoms with Gasteiger partial charge in [0.25, 0.3) is 5.91 Å². The van der Waals surface area contributed by atoms with Crippen LogP contribution in [0.5, 0.6) is 0 Å². The molecule has 0 aliphatic carbocycles. The molecule has 1 aromatic carbocycles. The van der Waals surface area contributed by atoms with Crippen LogP contribution in [0.2, 0.25) is 0 Å². The number of carbonyl (C=O) groups excluding carboxylic acids is 1. The van der Waals surface area contributed by atoms with Crippen molar-refractivity contribution < 1.29 is 4.79 Å². The molecular weight excluding hydrogens is 230 g/mol. The molecule has 0 atom stereocenters. The third kappa shape index (κ3) is 1.48. The molecule has 2 nitrogen and oxygen atoms in total. The summed E-state index contributed by atoms with van der Waals surface area (Å²) >= 11 is 3.34. The van der Waals surface area contributed by atoms with Gasteiger partial charge in [0.15, 0.2) is 0 Å². The van der Waals surface area contributed by atoms with E-state index in [1.165, 1.54) is 0 Å². The van der Waals surface area contributed by atoms with E-state index >= 15 is 0 Å². The lowest BCUT2D eigenvalue weighted by Crippen LogP contribution is -2.25. The Bertz CT molecular complexity index is 337. The summed E-state index contributed by atoms with van der Waals surface area (Å²) in [6.45, 7) is 1.55. The summed E-state index contributed by atoms with van der Waals surface area (Å²) in [7, 11) is 0. The topological polar surface area (TPSA) is 20.3 Å². The van der Waals surface area contributed by atoms with Gasteiger partial charge in [-0.25, -0.2) is 0 Å². The number of amides is 1. The Morgan fingerprint density at radius 3 is 2.85 bits per heavy atom. The molecule has 1 amide bonds. The maximum atomic E-state index is 11.7. The number of carbonyl (C=O) groups is 1. The lowest BCUT2D eigenvalue weighted by atomic mass is 10.1. The summed E-state index contributed by atoms with van der Waals surface area (Å²) in [6, 6.07) is 7.80. The number of hydrogen-bond donors (Lipinski definition) is 0. The highest BCUT2D eigenvalue weighted by Crippen LogP contribution is 2.21. The Balaban J connectivity index is 2.28. The monoisotopic (exact) mass is 239 g/mol. The van der Waals surface area contributed by atoms with Crippen molar-refractivity contribution in [3.05, 3.63) is 35.4 Å². The fraction of sp³-hybridized carbons (Fsp3) is 0.300. The van der Waals surface area contributed by atoms with E-state index in [2.05, 4.69) is 15.9 Å². The second kappa shape index (κ2) is 3.50. The minimum absolute atomic E-state index is 0.162. The van der Waals surface area contributed by atoms with Gasteiger partial charge in [0, 0.05) is 24.0 Å². The molecule has 2 rings (SSSR count).